The largest absolute Gasteiger partial charge is 0.508 e. The first-order valence-electron chi connectivity index (χ1n) is 18.5. The minimum absolute atomic E-state index is 0.000424. The molecule has 11 N–H and O–H groups in total. The van der Waals surface area contributed by atoms with E-state index in [0.717, 1.165) is 19.3 Å². The molecule has 20 heteroatoms. The number of nitrogens with one attached hydrogen (secondary N) is 6. The number of phenols is 1. The molecular formula is C36H53N7O11S2. The van der Waals surface area contributed by atoms with E-state index in [1.165, 1.54) is 40.6 Å². The van der Waals surface area contributed by atoms with Gasteiger partial charge >= 0.3 is 5.97 Å². The topological polar surface area (TPSA) is 295 Å². The lowest BCUT2D eigenvalue weighted by Gasteiger charge is -2.36. The summed E-state index contributed by atoms with van der Waals surface area (Å²) in [6, 6.07) is -1.15. The molecule has 1 heterocycles. The van der Waals surface area contributed by atoms with Gasteiger partial charge in [0.2, 0.25) is 41.4 Å². The minimum atomic E-state index is -1.71. The number of carbonyl (C=O) groups excluding carboxylic acids is 7. The maximum atomic E-state index is 14.1. The predicted octanol–water partition coefficient (Wildman–Crippen LogP) is -0.650. The molecule has 0 unspecified atom stereocenters. The summed E-state index contributed by atoms with van der Waals surface area (Å²) >= 11 is 0. The van der Waals surface area contributed by atoms with Gasteiger partial charge in [-0.25, -0.2) is 0 Å². The Kier molecular flexibility index (Phi) is 17.7. The second-order valence-electron chi connectivity index (χ2n) is 14.3. The summed E-state index contributed by atoms with van der Waals surface area (Å²) in [6.45, 7) is 3.90. The van der Waals surface area contributed by atoms with Gasteiger partial charge in [-0.1, -0.05) is 73.3 Å². The number of rotatable bonds is 10. The Morgan fingerprint density at radius 1 is 0.875 bits per heavy atom. The Morgan fingerprint density at radius 2 is 1.48 bits per heavy atom. The average Bonchev–Trinajstić information content (AvgIpc) is 3.13. The molecule has 18 nitrogen and oxygen atoms in total. The Morgan fingerprint density at radius 3 is 2.07 bits per heavy atom. The van der Waals surface area contributed by atoms with Crippen LogP contribution in [-0.4, -0.2) is 116 Å². The number of phenolic OH excluding ortho intramolecular Hbond substituents is 1. The SMILES string of the molecule is CC[C@H](C)[C@@H]1NC(=O)[C@H](Cc2ccc(O)cc2)NC(=O)CC2(CCCCC2)SSC[C@@H](C(=O)NCC(=O)O)NC(=O)[C@H](CC(N)=O)NC(=O)[C@H]([C@@H](C)O)NC1=O. The second kappa shape index (κ2) is 21.7. The van der Waals surface area contributed by atoms with Crippen molar-refractivity contribution in [2.24, 2.45) is 11.7 Å². The molecule has 0 radical (unpaired) electrons. The molecule has 1 aliphatic carbocycles. The third kappa shape index (κ3) is 14.2. The summed E-state index contributed by atoms with van der Waals surface area (Å²) in [5, 5.41) is 44.6. The predicted molar refractivity (Wildman–Crippen MR) is 208 cm³/mol. The second-order valence-corrected chi connectivity index (χ2v) is 17.1. The standard InChI is InChI=1S/C36H53N7O11S2/c1-4-19(2)29-34(53)43-30(20(3)44)35(54)40-24(15-26(37)46)32(51)41-25(31(50)38-17-28(48)49)18-55-56-36(12-6-5-7-13-36)16-27(47)39-23(33(52)42-29)14-21-8-10-22(45)11-9-21/h8-11,19-20,23-25,29-30,44-45H,4-7,12-18H2,1-3H3,(H2,37,46)(H,38,50)(H,39,47)(H,40,54)(H,41,51)(H,42,52)(H,43,53)(H,48,49)/t19-,20+,23-,24-,25-,29-,30-/m0/s1. The number of carboxylic acid groups (broad SMARTS) is 1. The van der Waals surface area contributed by atoms with Crippen molar-refractivity contribution in [1.29, 1.82) is 0 Å². The molecule has 1 saturated carbocycles. The van der Waals surface area contributed by atoms with Crippen LogP contribution >= 0.6 is 21.6 Å². The number of aliphatic carboxylic acids is 1. The molecule has 1 spiro atoms. The third-order valence-electron chi connectivity index (χ3n) is 9.69. The molecule has 3 rings (SSSR count). The van der Waals surface area contributed by atoms with Crippen molar-refractivity contribution in [3.63, 3.8) is 0 Å². The van der Waals surface area contributed by atoms with E-state index in [1.54, 1.807) is 26.0 Å². The van der Waals surface area contributed by atoms with Crippen LogP contribution in [0.15, 0.2) is 24.3 Å². The van der Waals surface area contributed by atoms with E-state index >= 15 is 0 Å². The van der Waals surface area contributed by atoms with Crippen molar-refractivity contribution < 1.29 is 53.7 Å². The normalized spacial score (nSPS) is 25.6. The van der Waals surface area contributed by atoms with Gasteiger partial charge in [-0.3, -0.25) is 38.4 Å². The molecule has 2 aliphatic rings. The van der Waals surface area contributed by atoms with Crippen molar-refractivity contribution >= 4 is 68.9 Å². The van der Waals surface area contributed by atoms with Gasteiger partial charge < -0.3 is 53.0 Å². The zero-order chi connectivity index (χ0) is 41.6. The summed E-state index contributed by atoms with van der Waals surface area (Å²) in [7, 11) is 2.50. The van der Waals surface area contributed by atoms with Crippen LogP contribution in [0, 0.1) is 5.92 Å². The van der Waals surface area contributed by atoms with Crippen LogP contribution in [0.3, 0.4) is 0 Å². The number of hydrogen-bond donors (Lipinski definition) is 10. The summed E-state index contributed by atoms with van der Waals surface area (Å²) in [5.41, 5.74) is 6.00. The highest BCUT2D eigenvalue weighted by Gasteiger charge is 2.39. The number of aliphatic hydroxyl groups is 1. The van der Waals surface area contributed by atoms with Gasteiger partial charge in [-0.2, -0.15) is 0 Å². The van der Waals surface area contributed by atoms with Crippen LogP contribution in [0.5, 0.6) is 5.75 Å². The number of primary amides is 1. The number of carboxylic acids is 1. The van der Waals surface area contributed by atoms with E-state index in [1.807, 2.05) is 0 Å². The van der Waals surface area contributed by atoms with Gasteiger partial charge in [-0.05, 0) is 43.4 Å². The third-order valence-corrected chi connectivity index (χ3v) is 13.0. The van der Waals surface area contributed by atoms with Gasteiger partial charge in [0.15, 0.2) is 0 Å². The Bertz CT molecular complexity index is 1590. The maximum absolute atomic E-state index is 14.1. The molecule has 56 heavy (non-hydrogen) atoms. The Balaban J connectivity index is 2.09. The molecule has 0 aromatic heterocycles. The number of aliphatic hydroxyl groups excluding tert-OH is 1. The van der Waals surface area contributed by atoms with Crippen molar-refractivity contribution in [1.82, 2.24) is 31.9 Å². The molecule has 1 saturated heterocycles. The lowest BCUT2D eigenvalue weighted by molar-refractivity contribution is -0.139. The fourth-order valence-electron chi connectivity index (χ4n) is 6.34. The monoisotopic (exact) mass is 823 g/mol. The van der Waals surface area contributed by atoms with Crippen LogP contribution in [0.4, 0.5) is 0 Å². The number of amides is 7. The summed E-state index contributed by atoms with van der Waals surface area (Å²) in [6.07, 6.45) is 1.81. The van der Waals surface area contributed by atoms with E-state index in [2.05, 4.69) is 31.9 Å². The first kappa shape index (κ1) is 45.8. The summed E-state index contributed by atoms with van der Waals surface area (Å²) in [5.74, 6) is -8.01. The zero-order valence-corrected chi connectivity index (χ0v) is 33.3. The van der Waals surface area contributed by atoms with E-state index in [9.17, 15) is 48.6 Å². The zero-order valence-electron chi connectivity index (χ0n) is 31.6. The number of benzene rings is 1. The molecule has 7 amide bonds. The van der Waals surface area contributed by atoms with Crippen LogP contribution in [0.1, 0.15) is 77.7 Å². The molecule has 0 bridgehead atoms. The van der Waals surface area contributed by atoms with Crippen molar-refractivity contribution in [2.45, 2.75) is 120 Å². The van der Waals surface area contributed by atoms with E-state index in [4.69, 9.17) is 10.8 Å². The number of nitrogens with two attached hydrogens (primary N) is 1. The molecule has 1 aliphatic heterocycles. The minimum Gasteiger partial charge on any atom is -0.508 e. The first-order valence-corrected chi connectivity index (χ1v) is 20.8. The quantitative estimate of drug-likeness (QED) is 0.132. The van der Waals surface area contributed by atoms with Gasteiger partial charge in [0.1, 0.15) is 42.5 Å². The van der Waals surface area contributed by atoms with E-state index < -0.39 is 107 Å². The Labute approximate surface area is 332 Å². The molecule has 310 valence electrons. The number of aromatic hydroxyl groups is 1. The molecular weight excluding hydrogens is 771 g/mol. The first-order chi connectivity index (χ1) is 26.4. The van der Waals surface area contributed by atoms with E-state index in [0.29, 0.717) is 24.8 Å². The van der Waals surface area contributed by atoms with Gasteiger partial charge in [-0.15, -0.1) is 0 Å². The highest BCUT2D eigenvalue weighted by molar-refractivity contribution is 8.77. The van der Waals surface area contributed by atoms with Crippen molar-refractivity contribution in [2.75, 3.05) is 12.3 Å². The van der Waals surface area contributed by atoms with Gasteiger partial charge in [0, 0.05) is 23.3 Å². The van der Waals surface area contributed by atoms with Crippen LogP contribution < -0.4 is 37.6 Å². The fraction of sp³-hybridized carbons (Fsp3) is 0.611. The number of carbonyl (C=O) groups is 8. The van der Waals surface area contributed by atoms with E-state index in [-0.39, 0.29) is 24.3 Å². The highest BCUT2D eigenvalue weighted by atomic mass is 33.1. The Hall–Kier alpha value is -4.56. The summed E-state index contributed by atoms with van der Waals surface area (Å²) in [4.78, 5) is 105. The lowest BCUT2D eigenvalue weighted by atomic mass is 9.85. The highest BCUT2D eigenvalue weighted by Crippen LogP contribution is 2.48. The fourth-order valence-corrected chi connectivity index (χ4v) is 9.72. The molecule has 2 fully saturated rings. The molecule has 1 aromatic rings. The smallest absolute Gasteiger partial charge is 0.322 e. The van der Waals surface area contributed by atoms with Gasteiger partial charge in [0.05, 0.1) is 12.5 Å². The van der Waals surface area contributed by atoms with Crippen LogP contribution in [0.2, 0.25) is 0 Å². The average molecular weight is 824 g/mol. The van der Waals surface area contributed by atoms with Crippen LogP contribution in [-0.2, 0) is 44.8 Å². The molecule has 7 atom stereocenters. The van der Waals surface area contributed by atoms with Gasteiger partial charge in [0.25, 0.3) is 0 Å². The number of hydrogen-bond acceptors (Lipinski definition) is 12. The van der Waals surface area contributed by atoms with Crippen LogP contribution in [0.25, 0.3) is 0 Å². The molecule has 1 aromatic carbocycles. The van der Waals surface area contributed by atoms with Crippen molar-refractivity contribution in [3.8, 4) is 5.75 Å². The lowest BCUT2D eigenvalue weighted by Crippen LogP contribution is -2.62. The maximum Gasteiger partial charge on any atom is 0.322 e. The van der Waals surface area contributed by atoms with Crippen molar-refractivity contribution in [3.05, 3.63) is 29.8 Å². The summed E-state index contributed by atoms with van der Waals surface area (Å²) < 4.78 is -0.656.